The zero-order valence-electron chi connectivity index (χ0n) is 17.6. The summed E-state index contributed by atoms with van der Waals surface area (Å²) in [6.07, 6.45) is 0.848. The van der Waals surface area contributed by atoms with E-state index in [0.29, 0.717) is 24.2 Å². The summed E-state index contributed by atoms with van der Waals surface area (Å²) in [7, 11) is 1.19. The van der Waals surface area contributed by atoms with Gasteiger partial charge in [-0.05, 0) is 12.0 Å². The van der Waals surface area contributed by atoms with Gasteiger partial charge in [0.05, 0.1) is 32.4 Å². The summed E-state index contributed by atoms with van der Waals surface area (Å²) in [5.41, 5.74) is 2.05. The molecule has 1 unspecified atom stereocenters. The SMILES string of the molecule is [C-]#[N+]c1ccc(C2=NO[C@@H](CC(=O)NCC(NC(=O)OCCCC)C(=O)OC)C2)cc1. The van der Waals surface area contributed by atoms with Crippen LogP contribution in [0.5, 0.6) is 0 Å². The highest BCUT2D eigenvalue weighted by Gasteiger charge is 2.27. The van der Waals surface area contributed by atoms with Crippen LogP contribution in [-0.4, -0.2) is 56.1 Å². The van der Waals surface area contributed by atoms with E-state index in [2.05, 4.69) is 25.4 Å². The molecule has 1 aromatic rings. The molecular formula is C21H26N4O6. The minimum Gasteiger partial charge on any atom is -0.467 e. The summed E-state index contributed by atoms with van der Waals surface area (Å²) < 4.78 is 9.63. The van der Waals surface area contributed by atoms with Gasteiger partial charge in [0.2, 0.25) is 5.91 Å². The van der Waals surface area contributed by atoms with Crippen molar-refractivity contribution in [1.82, 2.24) is 10.6 Å². The molecule has 0 aromatic heterocycles. The average molecular weight is 430 g/mol. The third-order valence-electron chi connectivity index (χ3n) is 4.49. The van der Waals surface area contributed by atoms with Gasteiger partial charge in [-0.3, -0.25) is 4.79 Å². The quantitative estimate of drug-likeness (QED) is 0.334. The number of unbranched alkanes of at least 4 members (excludes halogenated alkanes) is 1. The number of hydrogen-bond donors (Lipinski definition) is 2. The number of amides is 2. The molecule has 1 aliphatic heterocycles. The van der Waals surface area contributed by atoms with Crippen LogP contribution in [0.25, 0.3) is 4.85 Å². The largest absolute Gasteiger partial charge is 0.467 e. The van der Waals surface area contributed by atoms with Crippen molar-refractivity contribution in [2.75, 3.05) is 20.3 Å². The van der Waals surface area contributed by atoms with Crippen LogP contribution in [0.15, 0.2) is 29.4 Å². The van der Waals surface area contributed by atoms with Crippen LogP contribution in [0.2, 0.25) is 0 Å². The summed E-state index contributed by atoms with van der Waals surface area (Å²) in [4.78, 5) is 44.6. The predicted molar refractivity (Wildman–Crippen MR) is 112 cm³/mol. The number of esters is 1. The van der Waals surface area contributed by atoms with Gasteiger partial charge in [-0.25, -0.2) is 14.4 Å². The fraction of sp³-hybridized carbons (Fsp3) is 0.476. The first kappa shape index (κ1) is 23.7. The Bertz CT molecular complexity index is 846. The van der Waals surface area contributed by atoms with E-state index in [4.69, 9.17) is 16.1 Å². The minimum atomic E-state index is -1.07. The molecule has 10 nitrogen and oxygen atoms in total. The lowest BCUT2D eigenvalue weighted by molar-refractivity contribution is -0.143. The number of nitrogens with one attached hydrogen (secondary N) is 2. The first-order valence-electron chi connectivity index (χ1n) is 9.95. The average Bonchev–Trinajstić information content (AvgIpc) is 3.24. The molecule has 0 bridgehead atoms. The first-order valence-corrected chi connectivity index (χ1v) is 9.95. The normalized spacial score (nSPS) is 15.6. The zero-order chi connectivity index (χ0) is 22.6. The van der Waals surface area contributed by atoms with Crippen LogP contribution in [0.3, 0.4) is 0 Å². The maximum Gasteiger partial charge on any atom is 0.407 e. The molecule has 166 valence electrons. The molecule has 2 amide bonds. The maximum atomic E-state index is 12.3. The molecule has 31 heavy (non-hydrogen) atoms. The standard InChI is InChI=1S/C21H26N4O6/c1-4-5-10-30-21(28)24-18(20(27)29-3)13-23-19(26)12-16-11-17(25-31-16)14-6-8-15(22-2)9-7-14/h6-9,16,18H,4-5,10-13H2,1,3H3,(H,23,26)(H,24,28)/t16-,18?/m1/s1. The molecule has 1 aromatic carbocycles. The lowest BCUT2D eigenvalue weighted by atomic mass is 10.0. The Balaban J connectivity index is 1.79. The smallest absolute Gasteiger partial charge is 0.407 e. The van der Waals surface area contributed by atoms with Crippen molar-refractivity contribution in [3.8, 4) is 0 Å². The van der Waals surface area contributed by atoms with Gasteiger partial charge in [0.15, 0.2) is 5.69 Å². The minimum absolute atomic E-state index is 0.0297. The zero-order valence-corrected chi connectivity index (χ0v) is 17.6. The monoisotopic (exact) mass is 430 g/mol. The van der Waals surface area contributed by atoms with E-state index < -0.39 is 24.2 Å². The Morgan fingerprint density at radius 1 is 1.32 bits per heavy atom. The van der Waals surface area contributed by atoms with Gasteiger partial charge in [-0.1, -0.05) is 42.8 Å². The van der Waals surface area contributed by atoms with Crippen LogP contribution in [0.4, 0.5) is 10.5 Å². The number of methoxy groups -OCH3 is 1. The van der Waals surface area contributed by atoms with E-state index in [1.165, 1.54) is 7.11 Å². The number of carbonyl (C=O) groups is 3. The number of rotatable bonds is 10. The van der Waals surface area contributed by atoms with Gasteiger partial charge in [0.25, 0.3) is 0 Å². The summed E-state index contributed by atoms with van der Waals surface area (Å²) in [6, 6.07) is 5.88. The molecule has 0 spiro atoms. The molecule has 1 heterocycles. The van der Waals surface area contributed by atoms with Crippen LogP contribution < -0.4 is 10.6 Å². The second-order valence-corrected chi connectivity index (χ2v) is 6.85. The molecule has 0 saturated carbocycles. The molecule has 10 heteroatoms. The topological polar surface area (TPSA) is 120 Å². The molecule has 2 atom stereocenters. The molecule has 0 aliphatic carbocycles. The third-order valence-corrected chi connectivity index (χ3v) is 4.49. The number of oxime groups is 1. The fourth-order valence-electron chi connectivity index (χ4n) is 2.76. The van der Waals surface area contributed by atoms with Gasteiger partial charge in [0.1, 0.15) is 12.1 Å². The number of hydrogen-bond acceptors (Lipinski definition) is 7. The fourth-order valence-corrected chi connectivity index (χ4v) is 2.76. The Kier molecular flexibility index (Phi) is 9.29. The third kappa shape index (κ3) is 7.62. The predicted octanol–water partition coefficient (Wildman–Crippen LogP) is 2.30. The maximum absolute atomic E-state index is 12.3. The molecule has 0 fully saturated rings. The molecule has 2 N–H and O–H groups in total. The van der Waals surface area contributed by atoms with Crippen molar-refractivity contribution >= 4 is 29.4 Å². The molecular weight excluding hydrogens is 404 g/mol. The van der Waals surface area contributed by atoms with Crippen LogP contribution in [0.1, 0.15) is 38.2 Å². The lowest BCUT2D eigenvalue weighted by Gasteiger charge is -2.17. The van der Waals surface area contributed by atoms with Gasteiger partial charge < -0.3 is 24.9 Å². The second-order valence-electron chi connectivity index (χ2n) is 6.85. The number of benzene rings is 1. The summed E-state index contributed by atoms with van der Waals surface area (Å²) in [5.74, 6) is -1.06. The van der Waals surface area contributed by atoms with Crippen molar-refractivity contribution in [3.05, 3.63) is 41.2 Å². The van der Waals surface area contributed by atoms with Gasteiger partial charge in [-0.2, -0.15) is 0 Å². The second kappa shape index (κ2) is 12.2. The first-order chi connectivity index (χ1) is 15.0. The number of nitrogens with zero attached hydrogens (tertiary/aromatic N) is 2. The molecule has 0 saturated heterocycles. The van der Waals surface area contributed by atoms with Crippen LogP contribution in [0, 0.1) is 6.57 Å². The number of ether oxygens (including phenoxy) is 2. The highest BCUT2D eigenvalue weighted by atomic mass is 16.6. The van der Waals surface area contributed by atoms with E-state index in [1.54, 1.807) is 24.3 Å². The Hall–Kier alpha value is -3.61. The van der Waals surface area contributed by atoms with E-state index in [0.717, 1.165) is 12.0 Å². The summed E-state index contributed by atoms with van der Waals surface area (Å²) >= 11 is 0. The summed E-state index contributed by atoms with van der Waals surface area (Å²) in [5, 5.41) is 9.00. The highest BCUT2D eigenvalue weighted by molar-refractivity contribution is 6.01. The molecule has 0 radical (unpaired) electrons. The van der Waals surface area contributed by atoms with E-state index in [-0.39, 0.29) is 25.5 Å². The van der Waals surface area contributed by atoms with Crippen molar-refractivity contribution in [3.63, 3.8) is 0 Å². The Morgan fingerprint density at radius 2 is 2.06 bits per heavy atom. The van der Waals surface area contributed by atoms with Crippen LogP contribution >= 0.6 is 0 Å². The van der Waals surface area contributed by atoms with Crippen molar-refractivity contribution < 1.29 is 28.7 Å². The van der Waals surface area contributed by atoms with Crippen molar-refractivity contribution in [1.29, 1.82) is 0 Å². The van der Waals surface area contributed by atoms with E-state index >= 15 is 0 Å². The van der Waals surface area contributed by atoms with Gasteiger partial charge >= 0.3 is 12.1 Å². The highest BCUT2D eigenvalue weighted by Crippen LogP contribution is 2.21. The Morgan fingerprint density at radius 3 is 2.71 bits per heavy atom. The van der Waals surface area contributed by atoms with Crippen molar-refractivity contribution in [2.24, 2.45) is 5.16 Å². The van der Waals surface area contributed by atoms with Gasteiger partial charge in [-0.15, -0.1) is 0 Å². The molecule has 1 aliphatic rings. The molecule has 2 rings (SSSR count). The van der Waals surface area contributed by atoms with Crippen LogP contribution in [-0.2, 0) is 23.9 Å². The lowest BCUT2D eigenvalue weighted by Crippen LogP contribution is -2.49. The summed E-state index contributed by atoms with van der Waals surface area (Å²) in [6.45, 7) is 9.04. The Labute approximate surface area is 180 Å². The number of carbonyl (C=O) groups excluding carboxylic acids is 3. The van der Waals surface area contributed by atoms with Gasteiger partial charge in [0, 0.05) is 13.0 Å². The van der Waals surface area contributed by atoms with Crippen molar-refractivity contribution in [2.45, 2.75) is 44.8 Å². The van der Waals surface area contributed by atoms with E-state index in [1.807, 2.05) is 6.92 Å². The van der Waals surface area contributed by atoms with E-state index in [9.17, 15) is 14.4 Å². The number of alkyl carbamates (subject to hydrolysis) is 1.